The van der Waals surface area contributed by atoms with Gasteiger partial charge in [-0.2, -0.15) is 0 Å². The maximum Gasteiger partial charge on any atom is 0.0997 e. The number of rotatable bonds is 3. The number of benzene rings is 1. The lowest BCUT2D eigenvalue weighted by Gasteiger charge is -2.43. The fourth-order valence-electron chi connectivity index (χ4n) is 1.64. The van der Waals surface area contributed by atoms with E-state index in [1.807, 2.05) is 12.1 Å². The minimum Gasteiger partial charge on any atom is -0.399 e. The minimum atomic E-state index is -0.0500. The highest BCUT2D eigenvalue weighted by Crippen LogP contribution is 2.34. The summed E-state index contributed by atoms with van der Waals surface area (Å²) in [6, 6.07) is 8.04. The van der Waals surface area contributed by atoms with Crippen LogP contribution in [0.25, 0.3) is 0 Å². The summed E-state index contributed by atoms with van der Waals surface area (Å²) in [5, 5.41) is 0. The van der Waals surface area contributed by atoms with Crippen molar-refractivity contribution in [1.29, 1.82) is 0 Å². The summed E-state index contributed by atoms with van der Waals surface area (Å²) >= 11 is 1.75. The standard InChI is InChI=1S/C13H20N2OS/c1-12(2,3)17-15-13(8-16-9-13)10-4-6-11(14)7-5-10/h4-7,15H,8-9,14H2,1-3H3. The predicted octanol–water partition coefficient (Wildman–Crippen LogP) is 2.53. The summed E-state index contributed by atoms with van der Waals surface area (Å²) in [4.78, 5) is 0. The molecule has 0 aromatic heterocycles. The van der Waals surface area contributed by atoms with E-state index in [1.165, 1.54) is 5.56 Å². The van der Waals surface area contributed by atoms with Crippen LogP contribution < -0.4 is 10.5 Å². The summed E-state index contributed by atoms with van der Waals surface area (Å²) in [7, 11) is 0. The molecule has 0 amide bonds. The van der Waals surface area contributed by atoms with Gasteiger partial charge in [0.15, 0.2) is 0 Å². The maximum absolute atomic E-state index is 5.72. The second kappa shape index (κ2) is 4.52. The predicted molar refractivity (Wildman–Crippen MR) is 73.8 cm³/mol. The number of nitrogens with one attached hydrogen (secondary N) is 1. The van der Waals surface area contributed by atoms with Crippen molar-refractivity contribution < 1.29 is 4.74 Å². The summed E-state index contributed by atoms with van der Waals surface area (Å²) in [5.74, 6) is 0. The van der Waals surface area contributed by atoms with Gasteiger partial charge in [0.1, 0.15) is 0 Å². The van der Waals surface area contributed by atoms with Crippen molar-refractivity contribution in [3.8, 4) is 0 Å². The molecule has 3 nitrogen and oxygen atoms in total. The quantitative estimate of drug-likeness (QED) is 0.641. The topological polar surface area (TPSA) is 47.3 Å². The fraction of sp³-hybridized carbons (Fsp3) is 0.538. The molecule has 2 rings (SSSR count). The molecule has 0 saturated carbocycles. The van der Waals surface area contributed by atoms with Crippen molar-refractivity contribution in [3.63, 3.8) is 0 Å². The average Bonchev–Trinajstić information content (AvgIpc) is 2.17. The highest BCUT2D eigenvalue weighted by molar-refractivity contribution is 7.98. The van der Waals surface area contributed by atoms with E-state index in [4.69, 9.17) is 10.5 Å². The SMILES string of the molecule is CC(C)(C)SNC1(c2ccc(N)cc2)COC1. The van der Waals surface area contributed by atoms with E-state index in [0.29, 0.717) is 0 Å². The lowest BCUT2D eigenvalue weighted by Crippen LogP contribution is -2.55. The molecule has 1 aromatic rings. The Hall–Kier alpha value is -0.710. The van der Waals surface area contributed by atoms with Crippen molar-refractivity contribution in [1.82, 2.24) is 4.72 Å². The van der Waals surface area contributed by atoms with Crippen molar-refractivity contribution in [2.45, 2.75) is 31.1 Å². The van der Waals surface area contributed by atoms with Crippen LogP contribution in [0.3, 0.4) is 0 Å². The Balaban J connectivity index is 2.11. The first-order valence-corrected chi connectivity index (χ1v) is 6.62. The summed E-state index contributed by atoms with van der Waals surface area (Å²) < 4.78 is 9.13. The highest BCUT2D eigenvalue weighted by atomic mass is 32.2. The zero-order valence-corrected chi connectivity index (χ0v) is 11.4. The summed E-state index contributed by atoms with van der Waals surface area (Å²) in [5.41, 5.74) is 7.71. The Bertz CT molecular complexity index is 379. The van der Waals surface area contributed by atoms with Gasteiger partial charge in [-0.1, -0.05) is 24.1 Å². The van der Waals surface area contributed by atoms with Crippen molar-refractivity contribution in [2.24, 2.45) is 0 Å². The van der Waals surface area contributed by atoms with Gasteiger partial charge in [0, 0.05) is 10.4 Å². The molecule has 1 aliphatic heterocycles. The Labute approximate surface area is 107 Å². The molecule has 4 heteroatoms. The summed E-state index contributed by atoms with van der Waals surface area (Å²) in [6.45, 7) is 8.03. The fourth-order valence-corrected chi connectivity index (χ4v) is 2.38. The van der Waals surface area contributed by atoms with Crippen LogP contribution in [-0.2, 0) is 10.3 Å². The molecule has 1 aromatic carbocycles. The minimum absolute atomic E-state index is 0.0500. The van der Waals surface area contributed by atoms with Crippen LogP contribution in [0, 0.1) is 0 Å². The van der Waals surface area contributed by atoms with Crippen LogP contribution in [-0.4, -0.2) is 18.0 Å². The Kier molecular flexibility index (Phi) is 3.39. The van der Waals surface area contributed by atoms with Gasteiger partial charge in [-0.3, -0.25) is 0 Å². The van der Waals surface area contributed by atoms with E-state index < -0.39 is 0 Å². The van der Waals surface area contributed by atoms with Gasteiger partial charge in [0.25, 0.3) is 0 Å². The van der Waals surface area contributed by atoms with Gasteiger partial charge in [-0.25, -0.2) is 4.72 Å². The number of hydrogen-bond donors (Lipinski definition) is 2. The average molecular weight is 252 g/mol. The Morgan fingerprint density at radius 1 is 1.24 bits per heavy atom. The number of hydrogen-bond acceptors (Lipinski definition) is 4. The molecule has 1 heterocycles. The molecule has 1 saturated heterocycles. The van der Waals surface area contributed by atoms with Crippen LogP contribution >= 0.6 is 11.9 Å². The van der Waals surface area contributed by atoms with Gasteiger partial charge in [0.05, 0.1) is 18.8 Å². The molecule has 0 aliphatic carbocycles. The molecular weight excluding hydrogens is 232 g/mol. The zero-order valence-electron chi connectivity index (χ0n) is 10.6. The molecule has 0 atom stereocenters. The van der Waals surface area contributed by atoms with E-state index in [0.717, 1.165) is 18.9 Å². The van der Waals surface area contributed by atoms with Gasteiger partial charge in [-0.15, -0.1) is 0 Å². The van der Waals surface area contributed by atoms with Gasteiger partial charge in [0.2, 0.25) is 0 Å². The third-order valence-electron chi connectivity index (χ3n) is 2.71. The lowest BCUT2D eigenvalue weighted by molar-refractivity contribution is -0.0651. The van der Waals surface area contributed by atoms with Crippen LogP contribution in [0.15, 0.2) is 24.3 Å². The summed E-state index contributed by atoms with van der Waals surface area (Å²) in [6.07, 6.45) is 0. The number of ether oxygens (including phenoxy) is 1. The lowest BCUT2D eigenvalue weighted by atomic mass is 9.89. The second-order valence-electron chi connectivity index (χ2n) is 5.51. The number of anilines is 1. The maximum atomic E-state index is 5.72. The van der Waals surface area contributed by atoms with Crippen molar-refractivity contribution in [3.05, 3.63) is 29.8 Å². The first kappa shape index (κ1) is 12.7. The zero-order chi connectivity index (χ0) is 12.5. The number of nitrogens with two attached hydrogens (primary N) is 1. The smallest absolute Gasteiger partial charge is 0.0997 e. The molecule has 0 unspecified atom stereocenters. The molecule has 3 N–H and O–H groups in total. The highest BCUT2D eigenvalue weighted by Gasteiger charge is 2.41. The third-order valence-corrected chi connectivity index (χ3v) is 3.82. The molecule has 0 spiro atoms. The van der Waals surface area contributed by atoms with E-state index in [-0.39, 0.29) is 10.3 Å². The molecule has 17 heavy (non-hydrogen) atoms. The van der Waals surface area contributed by atoms with Crippen LogP contribution in [0.5, 0.6) is 0 Å². The first-order chi connectivity index (χ1) is 7.91. The van der Waals surface area contributed by atoms with E-state index in [9.17, 15) is 0 Å². The van der Waals surface area contributed by atoms with E-state index in [2.05, 4.69) is 37.6 Å². The number of nitrogen functional groups attached to an aromatic ring is 1. The van der Waals surface area contributed by atoms with Gasteiger partial charge >= 0.3 is 0 Å². The van der Waals surface area contributed by atoms with Gasteiger partial charge < -0.3 is 10.5 Å². The van der Waals surface area contributed by atoms with E-state index in [1.54, 1.807) is 11.9 Å². The monoisotopic (exact) mass is 252 g/mol. The Morgan fingerprint density at radius 2 is 1.82 bits per heavy atom. The molecule has 1 fully saturated rings. The molecule has 94 valence electrons. The molecule has 1 aliphatic rings. The molecule has 0 radical (unpaired) electrons. The second-order valence-corrected chi connectivity index (χ2v) is 7.15. The third kappa shape index (κ3) is 2.94. The van der Waals surface area contributed by atoms with Crippen LogP contribution in [0.1, 0.15) is 26.3 Å². The van der Waals surface area contributed by atoms with Crippen LogP contribution in [0.2, 0.25) is 0 Å². The molecule has 0 bridgehead atoms. The van der Waals surface area contributed by atoms with Gasteiger partial charge in [-0.05, 0) is 38.5 Å². The van der Waals surface area contributed by atoms with Crippen molar-refractivity contribution >= 4 is 17.6 Å². The normalized spacial score (nSPS) is 18.8. The Morgan fingerprint density at radius 3 is 2.24 bits per heavy atom. The molecular formula is C13H20N2OS. The van der Waals surface area contributed by atoms with Crippen LogP contribution in [0.4, 0.5) is 5.69 Å². The first-order valence-electron chi connectivity index (χ1n) is 5.80. The van der Waals surface area contributed by atoms with E-state index >= 15 is 0 Å². The van der Waals surface area contributed by atoms with Crippen molar-refractivity contribution in [2.75, 3.05) is 18.9 Å². The largest absolute Gasteiger partial charge is 0.399 e.